The molecular weight excluding hydrogens is 246 g/mol. The van der Waals surface area contributed by atoms with Gasteiger partial charge < -0.3 is 10.2 Å². The number of hydrogen-bond acceptors (Lipinski definition) is 3. The Balaban J connectivity index is 2.47. The van der Waals surface area contributed by atoms with Crippen LogP contribution in [0.3, 0.4) is 0 Å². The van der Waals surface area contributed by atoms with Crippen LogP contribution in [0.25, 0.3) is 10.9 Å². The van der Waals surface area contributed by atoms with Gasteiger partial charge in [-0.3, -0.25) is 0 Å². The summed E-state index contributed by atoms with van der Waals surface area (Å²) in [6.45, 7) is 7.45. The van der Waals surface area contributed by atoms with Crippen molar-refractivity contribution >= 4 is 16.7 Å². The average Bonchev–Trinajstić information content (AvgIpc) is 2.47. The molecule has 1 aromatic carbocycles. The van der Waals surface area contributed by atoms with E-state index in [0.717, 1.165) is 43.8 Å². The van der Waals surface area contributed by atoms with Gasteiger partial charge in [-0.2, -0.15) is 0 Å². The molecule has 0 atom stereocenters. The first-order chi connectivity index (χ1) is 9.80. The molecule has 0 amide bonds. The number of fused-ring (bicyclic) bond motifs is 1. The van der Waals surface area contributed by atoms with Crippen molar-refractivity contribution in [2.24, 2.45) is 0 Å². The smallest absolute Gasteiger partial charge is 0.129 e. The molecule has 0 radical (unpaired) electrons. The molecule has 0 bridgehead atoms. The predicted octanol–water partition coefficient (Wildman–Crippen LogP) is 3.58. The van der Waals surface area contributed by atoms with E-state index in [4.69, 9.17) is 4.98 Å². The third kappa shape index (κ3) is 3.28. The third-order valence-corrected chi connectivity index (χ3v) is 3.47. The Hall–Kier alpha value is -1.61. The molecule has 108 valence electrons. The Kier molecular flexibility index (Phi) is 5.36. The molecule has 0 saturated carbocycles. The number of pyridine rings is 1. The molecule has 3 nitrogen and oxygen atoms in total. The second-order valence-corrected chi connectivity index (χ2v) is 5.17. The quantitative estimate of drug-likeness (QED) is 0.834. The molecule has 0 fully saturated rings. The molecule has 0 saturated heterocycles. The van der Waals surface area contributed by atoms with Gasteiger partial charge in [0.1, 0.15) is 5.82 Å². The number of anilines is 1. The molecule has 0 aliphatic rings. The lowest BCUT2D eigenvalue weighted by Crippen LogP contribution is -2.26. The minimum Gasteiger partial charge on any atom is -0.357 e. The summed E-state index contributed by atoms with van der Waals surface area (Å²) in [5.74, 6) is 1.11. The highest BCUT2D eigenvalue weighted by Gasteiger charge is 2.10. The standard InChI is InChI=1S/C17H25N3/c1-4-10-20(11-5-2)17-12-14(13-18-3)15-8-6-7-9-16(15)19-17/h6-9,12,18H,4-5,10-11,13H2,1-3H3. The van der Waals surface area contributed by atoms with Gasteiger partial charge >= 0.3 is 0 Å². The van der Waals surface area contributed by atoms with Gasteiger partial charge in [0.25, 0.3) is 0 Å². The lowest BCUT2D eigenvalue weighted by atomic mass is 10.1. The van der Waals surface area contributed by atoms with Crippen molar-refractivity contribution in [1.29, 1.82) is 0 Å². The first-order valence-corrected chi connectivity index (χ1v) is 7.58. The van der Waals surface area contributed by atoms with Crippen molar-refractivity contribution in [3.05, 3.63) is 35.9 Å². The molecule has 0 spiro atoms. The van der Waals surface area contributed by atoms with E-state index in [-0.39, 0.29) is 0 Å². The molecule has 0 unspecified atom stereocenters. The molecule has 1 heterocycles. The van der Waals surface area contributed by atoms with E-state index in [1.54, 1.807) is 0 Å². The van der Waals surface area contributed by atoms with E-state index < -0.39 is 0 Å². The fourth-order valence-corrected chi connectivity index (χ4v) is 2.61. The molecule has 2 rings (SSSR count). The first kappa shape index (κ1) is 14.8. The number of rotatable bonds is 7. The second kappa shape index (κ2) is 7.25. The zero-order valence-electron chi connectivity index (χ0n) is 12.8. The lowest BCUT2D eigenvalue weighted by Gasteiger charge is -2.24. The Morgan fingerprint density at radius 3 is 2.45 bits per heavy atom. The van der Waals surface area contributed by atoms with Gasteiger partial charge in [-0.1, -0.05) is 32.0 Å². The Morgan fingerprint density at radius 2 is 1.80 bits per heavy atom. The predicted molar refractivity (Wildman–Crippen MR) is 87.3 cm³/mol. The summed E-state index contributed by atoms with van der Waals surface area (Å²) in [5, 5.41) is 4.51. The number of nitrogens with zero attached hydrogens (tertiary/aromatic N) is 2. The van der Waals surface area contributed by atoms with Crippen LogP contribution in [0.5, 0.6) is 0 Å². The molecule has 0 aliphatic carbocycles. The van der Waals surface area contributed by atoms with Crippen LogP contribution in [0.15, 0.2) is 30.3 Å². The summed E-state index contributed by atoms with van der Waals surface area (Å²) >= 11 is 0. The largest absolute Gasteiger partial charge is 0.357 e. The van der Waals surface area contributed by atoms with Gasteiger partial charge in [-0.15, -0.1) is 0 Å². The Bertz CT molecular complexity index is 545. The summed E-state index contributed by atoms with van der Waals surface area (Å²) in [7, 11) is 1.99. The topological polar surface area (TPSA) is 28.2 Å². The van der Waals surface area contributed by atoms with E-state index in [9.17, 15) is 0 Å². The third-order valence-electron chi connectivity index (χ3n) is 3.47. The van der Waals surface area contributed by atoms with Crippen LogP contribution < -0.4 is 10.2 Å². The fraction of sp³-hybridized carbons (Fsp3) is 0.471. The normalized spacial score (nSPS) is 10.9. The highest BCUT2D eigenvalue weighted by atomic mass is 15.2. The van der Waals surface area contributed by atoms with Crippen LogP contribution in [0.2, 0.25) is 0 Å². The van der Waals surface area contributed by atoms with Crippen molar-refractivity contribution in [2.45, 2.75) is 33.2 Å². The van der Waals surface area contributed by atoms with Crippen LogP contribution in [-0.4, -0.2) is 25.1 Å². The van der Waals surface area contributed by atoms with Gasteiger partial charge in [0.15, 0.2) is 0 Å². The number of para-hydroxylation sites is 1. The van der Waals surface area contributed by atoms with Gasteiger partial charge in [-0.05, 0) is 37.6 Å². The van der Waals surface area contributed by atoms with Crippen LogP contribution in [0.1, 0.15) is 32.3 Å². The molecule has 2 aromatic rings. The summed E-state index contributed by atoms with van der Waals surface area (Å²) in [5.41, 5.74) is 2.41. The van der Waals surface area contributed by atoms with E-state index in [0.29, 0.717) is 0 Å². The maximum atomic E-state index is 4.85. The molecule has 3 heteroatoms. The number of aromatic nitrogens is 1. The van der Waals surface area contributed by atoms with E-state index >= 15 is 0 Å². The lowest BCUT2D eigenvalue weighted by molar-refractivity contribution is 0.733. The van der Waals surface area contributed by atoms with Crippen LogP contribution >= 0.6 is 0 Å². The Morgan fingerprint density at radius 1 is 1.10 bits per heavy atom. The van der Waals surface area contributed by atoms with Crippen molar-refractivity contribution < 1.29 is 0 Å². The fourth-order valence-electron chi connectivity index (χ4n) is 2.61. The van der Waals surface area contributed by atoms with Crippen LogP contribution in [0.4, 0.5) is 5.82 Å². The Labute approximate surface area is 122 Å². The van der Waals surface area contributed by atoms with Crippen molar-refractivity contribution in [3.63, 3.8) is 0 Å². The monoisotopic (exact) mass is 271 g/mol. The summed E-state index contributed by atoms with van der Waals surface area (Å²) < 4.78 is 0. The van der Waals surface area contributed by atoms with Crippen LogP contribution in [-0.2, 0) is 6.54 Å². The summed E-state index contributed by atoms with van der Waals surface area (Å²) in [6, 6.07) is 10.6. The number of hydrogen-bond donors (Lipinski definition) is 1. The van der Waals surface area contributed by atoms with Gasteiger partial charge in [0.05, 0.1) is 5.52 Å². The molecular formula is C17H25N3. The van der Waals surface area contributed by atoms with Crippen molar-refractivity contribution in [1.82, 2.24) is 10.3 Å². The highest BCUT2D eigenvalue weighted by Crippen LogP contribution is 2.23. The van der Waals surface area contributed by atoms with Crippen molar-refractivity contribution in [2.75, 3.05) is 25.0 Å². The van der Waals surface area contributed by atoms with E-state index in [2.05, 4.69) is 54.4 Å². The molecule has 1 N–H and O–H groups in total. The second-order valence-electron chi connectivity index (χ2n) is 5.17. The zero-order valence-corrected chi connectivity index (χ0v) is 12.8. The molecule has 1 aromatic heterocycles. The summed E-state index contributed by atoms with van der Waals surface area (Å²) in [6.07, 6.45) is 2.30. The number of nitrogens with one attached hydrogen (secondary N) is 1. The van der Waals surface area contributed by atoms with E-state index in [1.165, 1.54) is 10.9 Å². The highest BCUT2D eigenvalue weighted by molar-refractivity contribution is 5.84. The zero-order chi connectivity index (χ0) is 14.4. The molecule has 20 heavy (non-hydrogen) atoms. The van der Waals surface area contributed by atoms with Gasteiger partial charge in [-0.25, -0.2) is 4.98 Å². The average molecular weight is 271 g/mol. The van der Waals surface area contributed by atoms with Gasteiger partial charge in [0.2, 0.25) is 0 Å². The maximum absolute atomic E-state index is 4.85. The minimum absolute atomic E-state index is 0.877. The first-order valence-electron chi connectivity index (χ1n) is 7.58. The maximum Gasteiger partial charge on any atom is 0.129 e. The SMILES string of the molecule is CCCN(CCC)c1cc(CNC)c2ccccc2n1. The van der Waals surface area contributed by atoms with Crippen molar-refractivity contribution in [3.8, 4) is 0 Å². The molecule has 0 aliphatic heterocycles. The van der Waals surface area contributed by atoms with Crippen LogP contribution in [0, 0.1) is 0 Å². The number of benzene rings is 1. The summed E-state index contributed by atoms with van der Waals surface area (Å²) in [4.78, 5) is 7.25. The minimum atomic E-state index is 0.877. The van der Waals surface area contributed by atoms with Gasteiger partial charge in [0, 0.05) is 25.0 Å². The van der Waals surface area contributed by atoms with E-state index in [1.807, 2.05) is 7.05 Å².